The summed E-state index contributed by atoms with van der Waals surface area (Å²) in [6.07, 6.45) is 0.0449. The predicted molar refractivity (Wildman–Crippen MR) is 83.4 cm³/mol. The summed E-state index contributed by atoms with van der Waals surface area (Å²) >= 11 is 0. The van der Waals surface area contributed by atoms with Gasteiger partial charge in [0.15, 0.2) is 5.82 Å². The maximum atomic E-state index is 12.7. The number of pyridine rings is 1. The first kappa shape index (κ1) is 14.5. The normalized spacial score (nSPS) is 16.3. The lowest BCUT2D eigenvalue weighted by molar-refractivity contribution is -0.117. The molecule has 0 unspecified atom stereocenters. The highest BCUT2D eigenvalue weighted by Crippen LogP contribution is 2.31. The number of benzene rings is 1. The molecule has 0 fully saturated rings. The topological polar surface area (TPSA) is 70.6 Å². The number of rotatable bonds is 2. The number of aromatic nitrogens is 1. The molecule has 0 bridgehead atoms. The van der Waals surface area contributed by atoms with Crippen LogP contribution in [0.5, 0.6) is 0 Å². The van der Waals surface area contributed by atoms with E-state index in [1.807, 2.05) is 0 Å². The van der Waals surface area contributed by atoms with Crippen LogP contribution in [0.1, 0.15) is 5.56 Å². The van der Waals surface area contributed by atoms with Crippen molar-refractivity contribution in [3.05, 3.63) is 48.0 Å². The molecule has 0 aliphatic carbocycles. The van der Waals surface area contributed by atoms with Gasteiger partial charge in [-0.1, -0.05) is 24.3 Å². The first-order valence-corrected chi connectivity index (χ1v) is 8.16. The van der Waals surface area contributed by atoms with Crippen LogP contribution in [0.2, 0.25) is 0 Å². The summed E-state index contributed by atoms with van der Waals surface area (Å²) in [5.74, 6) is 0.201. The highest BCUT2D eigenvalue weighted by Gasteiger charge is 2.38. The van der Waals surface area contributed by atoms with Crippen molar-refractivity contribution in [2.24, 2.45) is 0 Å². The summed E-state index contributed by atoms with van der Waals surface area (Å²) in [6, 6.07) is 11.5. The number of carbonyl (C=O) groups is 1. The minimum absolute atomic E-state index is 0.0449. The number of sulfonamides is 1. The van der Waals surface area contributed by atoms with Crippen molar-refractivity contribution < 1.29 is 13.2 Å². The van der Waals surface area contributed by atoms with Gasteiger partial charge >= 0.3 is 0 Å². The van der Waals surface area contributed by atoms with Gasteiger partial charge in [0, 0.05) is 14.1 Å². The average Bonchev–Trinajstić information content (AvgIpc) is 2.47. The van der Waals surface area contributed by atoms with Gasteiger partial charge in [-0.15, -0.1) is 0 Å². The number of fused-ring (bicyclic) bond motifs is 1. The summed E-state index contributed by atoms with van der Waals surface area (Å²) in [7, 11) is -0.326. The van der Waals surface area contributed by atoms with E-state index in [4.69, 9.17) is 0 Å². The minimum atomic E-state index is -3.92. The van der Waals surface area contributed by atoms with Gasteiger partial charge in [0.1, 0.15) is 5.82 Å². The molecule has 114 valence electrons. The second-order valence-electron chi connectivity index (χ2n) is 5.20. The van der Waals surface area contributed by atoms with Crippen molar-refractivity contribution in [1.29, 1.82) is 0 Å². The van der Waals surface area contributed by atoms with E-state index in [1.54, 1.807) is 49.3 Å². The Balaban J connectivity index is 2.16. The maximum absolute atomic E-state index is 12.7. The van der Waals surface area contributed by atoms with E-state index < -0.39 is 15.9 Å². The number of nitrogens with zero attached hydrogens (tertiary/aromatic N) is 3. The molecule has 0 saturated carbocycles. The summed E-state index contributed by atoms with van der Waals surface area (Å²) in [6.45, 7) is 0. The molecule has 22 heavy (non-hydrogen) atoms. The van der Waals surface area contributed by atoms with Gasteiger partial charge in [-0.3, -0.25) is 4.79 Å². The molecule has 7 heteroatoms. The molecule has 1 aliphatic rings. The number of carbonyl (C=O) groups excluding carboxylic acids is 1. The minimum Gasteiger partial charge on any atom is -0.363 e. The van der Waals surface area contributed by atoms with Gasteiger partial charge in [-0.05, 0) is 23.8 Å². The quantitative estimate of drug-likeness (QED) is 0.838. The summed E-state index contributed by atoms with van der Waals surface area (Å²) < 4.78 is 26.3. The van der Waals surface area contributed by atoms with Gasteiger partial charge in [-0.2, -0.15) is 4.31 Å². The third-order valence-electron chi connectivity index (χ3n) is 3.45. The zero-order valence-electron chi connectivity index (χ0n) is 12.2. The SMILES string of the molecule is CN(C)c1cccc(N2C(=O)Cc3ccccc3S2(=O)=O)n1. The smallest absolute Gasteiger partial charge is 0.272 e. The Labute approximate surface area is 129 Å². The molecule has 0 N–H and O–H groups in total. The van der Waals surface area contributed by atoms with Crippen LogP contribution < -0.4 is 9.21 Å². The van der Waals surface area contributed by atoms with Crippen molar-refractivity contribution in [2.45, 2.75) is 11.3 Å². The first-order chi connectivity index (χ1) is 10.4. The van der Waals surface area contributed by atoms with Gasteiger partial charge in [0.05, 0.1) is 11.3 Å². The lowest BCUT2D eigenvalue weighted by Crippen LogP contribution is -2.42. The van der Waals surface area contributed by atoms with E-state index in [0.717, 1.165) is 4.31 Å². The second kappa shape index (κ2) is 5.10. The zero-order chi connectivity index (χ0) is 15.9. The monoisotopic (exact) mass is 317 g/mol. The fourth-order valence-electron chi connectivity index (χ4n) is 2.39. The highest BCUT2D eigenvalue weighted by molar-refractivity contribution is 7.93. The summed E-state index contributed by atoms with van der Waals surface area (Å²) in [5.41, 5.74) is 0.521. The number of hydrogen-bond acceptors (Lipinski definition) is 5. The van der Waals surface area contributed by atoms with Crippen LogP contribution in [-0.4, -0.2) is 33.4 Å². The van der Waals surface area contributed by atoms with Crippen LogP contribution in [-0.2, 0) is 21.2 Å². The van der Waals surface area contributed by atoms with E-state index in [2.05, 4.69) is 4.98 Å². The van der Waals surface area contributed by atoms with Gasteiger partial charge in [0.2, 0.25) is 5.91 Å². The summed E-state index contributed by atoms with van der Waals surface area (Å²) in [4.78, 5) is 18.5. The van der Waals surface area contributed by atoms with Crippen LogP contribution >= 0.6 is 0 Å². The van der Waals surface area contributed by atoms with E-state index >= 15 is 0 Å². The molecule has 0 atom stereocenters. The molecule has 2 heterocycles. The van der Waals surface area contributed by atoms with Crippen LogP contribution in [0, 0.1) is 0 Å². The lowest BCUT2D eigenvalue weighted by atomic mass is 10.1. The molecule has 6 nitrogen and oxygen atoms in total. The zero-order valence-corrected chi connectivity index (χ0v) is 13.0. The molecule has 1 aromatic heterocycles. The number of amides is 1. The number of anilines is 2. The van der Waals surface area contributed by atoms with E-state index in [9.17, 15) is 13.2 Å². The van der Waals surface area contributed by atoms with E-state index in [1.165, 1.54) is 12.1 Å². The average molecular weight is 317 g/mol. The molecule has 0 saturated heterocycles. The lowest BCUT2D eigenvalue weighted by Gasteiger charge is -2.27. The van der Waals surface area contributed by atoms with Crippen LogP contribution in [0.15, 0.2) is 47.4 Å². The van der Waals surface area contributed by atoms with Crippen LogP contribution in [0.3, 0.4) is 0 Å². The molecule has 1 aliphatic heterocycles. The van der Waals surface area contributed by atoms with E-state index in [0.29, 0.717) is 11.4 Å². The Hall–Kier alpha value is -2.41. The van der Waals surface area contributed by atoms with E-state index in [-0.39, 0.29) is 17.1 Å². The van der Waals surface area contributed by atoms with Crippen molar-refractivity contribution in [3.63, 3.8) is 0 Å². The second-order valence-corrected chi connectivity index (χ2v) is 6.95. The Morgan fingerprint density at radius 3 is 2.55 bits per heavy atom. The summed E-state index contributed by atoms with van der Waals surface area (Å²) in [5, 5.41) is 0. The fourth-order valence-corrected chi connectivity index (χ4v) is 3.99. The van der Waals surface area contributed by atoms with Crippen molar-refractivity contribution in [2.75, 3.05) is 23.3 Å². The van der Waals surface area contributed by atoms with Crippen LogP contribution in [0.4, 0.5) is 11.6 Å². The van der Waals surface area contributed by atoms with Crippen LogP contribution in [0.25, 0.3) is 0 Å². The highest BCUT2D eigenvalue weighted by atomic mass is 32.2. The van der Waals surface area contributed by atoms with Gasteiger partial charge in [-0.25, -0.2) is 13.4 Å². The van der Waals surface area contributed by atoms with Gasteiger partial charge in [0.25, 0.3) is 10.0 Å². The molecular formula is C15H15N3O3S. The predicted octanol–water partition coefficient (Wildman–Crippen LogP) is 1.43. The third-order valence-corrected chi connectivity index (χ3v) is 5.27. The van der Waals surface area contributed by atoms with Crippen molar-refractivity contribution in [1.82, 2.24) is 4.98 Å². The fraction of sp³-hybridized carbons (Fsp3) is 0.200. The Kier molecular flexibility index (Phi) is 3.37. The largest absolute Gasteiger partial charge is 0.363 e. The molecule has 1 aromatic carbocycles. The molecular weight excluding hydrogens is 302 g/mol. The molecule has 1 amide bonds. The third kappa shape index (κ3) is 2.23. The maximum Gasteiger partial charge on any atom is 0.272 e. The Morgan fingerprint density at radius 1 is 1.09 bits per heavy atom. The molecule has 2 aromatic rings. The first-order valence-electron chi connectivity index (χ1n) is 6.72. The molecule has 0 spiro atoms. The number of hydrogen-bond donors (Lipinski definition) is 0. The standard InChI is InChI=1S/C15H15N3O3S/c1-17(2)13-8-5-9-14(16-13)18-15(19)10-11-6-3-4-7-12(11)22(18,20)21/h3-9H,10H2,1-2H3. The molecule has 0 radical (unpaired) electrons. The molecule has 3 rings (SSSR count). The van der Waals surface area contributed by atoms with Gasteiger partial charge < -0.3 is 4.90 Å². The Bertz CT molecular complexity index is 847. The van der Waals surface area contributed by atoms with Crippen molar-refractivity contribution in [3.8, 4) is 0 Å². The van der Waals surface area contributed by atoms with Crippen molar-refractivity contribution >= 4 is 27.6 Å². The Morgan fingerprint density at radius 2 is 1.82 bits per heavy atom.